The van der Waals surface area contributed by atoms with E-state index in [9.17, 15) is 25.2 Å². The molecule has 0 fully saturated rings. The highest BCUT2D eigenvalue weighted by molar-refractivity contribution is 5.80. The Balaban J connectivity index is 3.63. The van der Waals surface area contributed by atoms with Gasteiger partial charge in [0.1, 0.15) is 12.2 Å². The summed E-state index contributed by atoms with van der Waals surface area (Å²) in [6.45, 7) is 4.03. The molecule has 0 radical (unpaired) electrons. The van der Waals surface area contributed by atoms with Crippen molar-refractivity contribution in [2.45, 2.75) is 314 Å². The largest absolute Gasteiger partial charge is 0.394 e. The molecule has 0 rings (SSSR count). The van der Waals surface area contributed by atoms with Crippen molar-refractivity contribution in [2.75, 3.05) is 6.61 Å². The minimum absolute atomic E-state index is 0.357. The molecule has 4 atom stereocenters. The average molecular weight is 941 g/mol. The van der Waals surface area contributed by atoms with Crippen molar-refractivity contribution in [3.8, 4) is 0 Å². The highest BCUT2D eigenvalue weighted by atomic mass is 16.3. The SMILES string of the molecule is CCCCCC/C=C/CC/C=C/CC/C=C/CCCC(O)C(O)C(CO)NC(=O)C(O)CCCCCCCCCCCCCCCCCC/C=C\C/C=C\CCCCCCCCCCCCC. The van der Waals surface area contributed by atoms with Gasteiger partial charge in [0, 0.05) is 0 Å². The van der Waals surface area contributed by atoms with Crippen molar-refractivity contribution in [3.05, 3.63) is 60.8 Å². The Labute approximate surface area is 416 Å². The highest BCUT2D eigenvalue weighted by Crippen LogP contribution is 2.17. The van der Waals surface area contributed by atoms with Gasteiger partial charge >= 0.3 is 0 Å². The number of aliphatic hydroxyl groups is 4. The summed E-state index contributed by atoms with van der Waals surface area (Å²) in [5.74, 6) is -0.599. The van der Waals surface area contributed by atoms with Gasteiger partial charge < -0.3 is 25.7 Å². The third-order valence-corrected chi connectivity index (χ3v) is 13.4. The quantitative estimate of drug-likeness (QED) is 0.0308. The molecular weight excluding hydrogens is 827 g/mol. The summed E-state index contributed by atoms with van der Waals surface area (Å²) in [5, 5.41) is 43.9. The molecule has 1 amide bonds. The van der Waals surface area contributed by atoms with Crippen LogP contribution in [0.15, 0.2) is 60.8 Å². The number of nitrogens with one attached hydrogen (secondary N) is 1. The van der Waals surface area contributed by atoms with E-state index < -0.39 is 36.9 Å². The molecule has 4 unspecified atom stereocenters. The van der Waals surface area contributed by atoms with Crippen molar-refractivity contribution in [2.24, 2.45) is 0 Å². The fraction of sp³-hybridized carbons (Fsp3) is 0.820. The predicted octanol–water partition coefficient (Wildman–Crippen LogP) is 17.1. The molecule has 0 aliphatic heterocycles. The predicted molar refractivity (Wildman–Crippen MR) is 293 cm³/mol. The first-order chi connectivity index (χ1) is 33.0. The molecular formula is C61H113NO5. The van der Waals surface area contributed by atoms with E-state index in [1.165, 1.54) is 199 Å². The lowest BCUT2D eigenvalue weighted by Crippen LogP contribution is -2.53. The Kier molecular flexibility index (Phi) is 53.3. The van der Waals surface area contributed by atoms with Gasteiger partial charge in [-0.15, -0.1) is 0 Å². The normalized spacial score (nSPS) is 14.2. The van der Waals surface area contributed by atoms with Gasteiger partial charge in [0.05, 0.1) is 18.8 Å². The Morgan fingerprint density at radius 3 is 1.04 bits per heavy atom. The van der Waals surface area contributed by atoms with Gasteiger partial charge in [-0.1, -0.05) is 254 Å². The lowest BCUT2D eigenvalue weighted by Gasteiger charge is -2.27. The monoisotopic (exact) mass is 940 g/mol. The van der Waals surface area contributed by atoms with Crippen molar-refractivity contribution < 1.29 is 25.2 Å². The molecule has 0 aliphatic carbocycles. The van der Waals surface area contributed by atoms with Crippen molar-refractivity contribution in [1.29, 1.82) is 0 Å². The van der Waals surface area contributed by atoms with Crippen LogP contribution in [-0.2, 0) is 4.79 Å². The molecule has 5 N–H and O–H groups in total. The third-order valence-electron chi connectivity index (χ3n) is 13.4. The van der Waals surface area contributed by atoms with E-state index >= 15 is 0 Å². The van der Waals surface area contributed by atoms with E-state index in [0.717, 1.165) is 57.8 Å². The fourth-order valence-corrected chi connectivity index (χ4v) is 8.82. The number of amides is 1. The maximum Gasteiger partial charge on any atom is 0.249 e. The second-order valence-electron chi connectivity index (χ2n) is 20.0. The molecule has 0 aromatic carbocycles. The summed E-state index contributed by atoms with van der Waals surface area (Å²) in [5.41, 5.74) is 0. The number of carbonyl (C=O) groups is 1. The number of carbonyl (C=O) groups excluding carboxylic acids is 1. The molecule has 0 bridgehead atoms. The topological polar surface area (TPSA) is 110 Å². The Morgan fingerprint density at radius 2 is 0.672 bits per heavy atom. The lowest BCUT2D eigenvalue weighted by atomic mass is 10.00. The first-order valence-electron chi connectivity index (χ1n) is 29.2. The first kappa shape index (κ1) is 65.0. The molecule has 0 aliphatic rings. The summed E-state index contributed by atoms with van der Waals surface area (Å²) in [6, 6.07) is -1.01. The minimum atomic E-state index is -1.30. The van der Waals surface area contributed by atoms with Gasteiger partial charge in [0.2, 0.25) is 5.91 Å². The van der Waals surface area contributed by atoms with Crippen LogP contribution in [0.2, 0.25) is 0 Å². The summed E-state index contributed by atoms with van der Waals surface area (Å²) >= 11 is 0. The van der Waals surface area contributed by atoms with Crippen LogP contribution in [-0.4, -0.2) is 57.3 Å². The molecule has 0 spiro atoms. The zero-order valence-electron chi connectivity index (χ0n) is 44.4. The zero-order chi connectivity index (χ0) is 48.8. The number of hydrogen-bond acceptors (Lipinski definition) is 5. The van der Waals surface area contributed by atoms with Crippen LogP contribution < -0.4 is 5.32 Å². The Bertz CT molecular complexity index is 1150. The molecule has 0 saturated carbocycles. The van der Waals surface area contributed by atoms with E-state index in [0.29, 0.717) is 19.3 Å². The van der Waals surface area contributed by atoms with Crippen LogP contribution >= 0.6 is 0 Å². The van der Waals surface area contributed by atoms with Crippen LogP contribution in [0.25, 0.3) is 0 Å². The molecule has 0 aromatic rings. The maximum atomic E-state index is 12.6. The van der Waals surface area contributed by atoms with Gasteiger partial charge in [-0.3, -0.25) is 4.79 Å². The number of unbranched alkanes of at least 4 members (excludes halogenated alkanes) is 34. The average Bonchev–Trinajstić information content (AvgIpc) is 3.33. The van der Waals surface area contributed by atoms with Gasteiger partial charge in [0.25, 0.3) is 0 Å². The minimum Gasteiger partial charge on any atom is -0.394 e. The molecule has 6 heteroatoms. The number of rotatable bonds is 53. The molecule has 0 heterocycles. The van der Waals surface area contributed by atoms with E-state index in [1.54, 1.807) is 0 Å². The van der Waals surface area contributed by atoms with Gasteiger partial charge in [-0.25, -0.2) is 0 Å². The highest BCUT2D eigenvalue weighted by Gasteiger charge is 2.28. The summed E-state index contributed by atoms with van der Waals surface area (Å²) < 4.78 is 0. The van der Waals surface area contributed by atoms with Crippen LogP contribution in [0.4, 0.5) is 0 Å². The molecule has 392 valence electrons. The molecule has 0 saturated heterocycles. The van der Waals surface area contributed by atoms with Crippen molar-refractivity contribution >= 4 is 5.91 Å². The van der Waals surface area contributed by atoms with Gasteiger partial charge in [0.15, 0.2) is 0 Å². The molecule has 6 nitrogen and oxygen atoms in total. The molecule has 67 heavy (non-hydrogen) atoms. The van der Waals surface area contributed by atoms with E-state index in [4.69, 9.17) is 0 Å². The smallest absolute Gasteiger partial charge is 0.249 e. The first-order valence-corrected chi connectivity index (χ1v) is 29.2. The van der Waals surface area contributed by atoms with Gasteiger partial charge in [-0.2, -0.15) is 0 Å². The zero-order valence-corrected chi connectivity index (χ0v) is 44.4. The standard InChI is InChI=1S/C61H113NO5/c1-3-5-7-9-11-13-15-17-19-21-22-23-24-25-26-27-28-29-30-31-32-33-34-35-36-37-39-41-43-45-47-49-51-53-55-59(65)61(67)62-57(56-63)60(66)58(64)54-52-50-48-46-44-42-40-38-20-18-16-14-12-10-8-6-4-2/h14,16,24-25,27-28,38,40,46,48,57-60,63-66H,3-13,15,17-23,26,29-37,39,41-45,47,49-56H2,1-2H3,(H,62,67)/b16-14+,25-24-,28-27-,40-38+,48-46+. The van der Waals surface area contributed by atoms with E-state index in [2.05, 4.69) is 79.9 Å². The van der Waals surface area contributed by atoms with Crippen LogP contribution in [0, 0.1) is 0 Å². The van der Waals surface area contributed by atoms with E-state index in [-0.39, 0.29) is 0 Å². The Morgan fingerprint density at radius 1 is 0.373 bits per heavy atom. The van der Waals surface area contributed by atoms with Crippen molar-refractivity contribution in [1.82, 2.24) is 5.32 Å². The number of aliphatic hydroxyl groups excluding tert-OH is 4. The maximum absolute atomic E-state index is 12.6. The third kappa shape index (κ3) is 48.8. The van der Waals surface area contributed by atoms with E-state index in [1.807, 2.05) is 0 Å². The van der Waals surface area contributed by atoms with Crippen LogP contribution in [0.3, 0.4) is 0 Å². The lowest BCUT2D eigenvalue weighted by molar-refractivity contribution is -0.132. The second kappa shape index (κ2) is 54.9. The number of allylic oxidation sites excluding steroid dienone is 10. The molecule has 0 aromatic heterocycles. The van der Waals surface area contributed by atoms with Crippen LogP contribution in [0.1, 0.15) is 290 Å². The van der Waals surface area contributed by atoms with Gasteiger partial charge in [-0.05, 0) is 96.3 Å². The summed E-state index contributed by atoms with van der Waals surface area (Å²) in [4.78, 5) is 12.6. The van der Waals surface area contributed by atoms with Crippen molar-refractivity contribution in [3.63, 3.8) is 0 Å². The van der Waals surface area contributed by atoms with Crippen LogP contribution in [0.5, 0.6) is 0 Å². The second-order valence-corrected chi connectivity index (χ2v) is 20.0. The summed E-state index contributed by atoms with van der Waals surface area (Å²) in [7, 11) is 0. The Hall–Kier alpha value is -1.99. The summed E-state index contributed by atoms with van der Waals surface area (Å²) in [6.07, 6.45) is 71.6. The number of hydrogen-bond donors (Lipinski definition) is 5. The fourth-order valence-electron chi connectivity index (χ4n) is 8.82.